The summed E-state index contributed by atoms with van der Waals surface area (Å²) < 4.78 is 16.6. The normalized spacial score (nSPS) is 16.2. The number of hydrogen-bond donors (Lipinski definition) is 0. The molecule has 1 aliphatic rings. The topological polar surface area (TPSA) is 72.2 Å². The highest BCUT2D eigenvalue weighted by atomic mass is 16.5. The average molecular weight is 402 g/mol. The van der Waals surface area contributed by atoms with Gasteiger partial charge in [-0.3, -0.25) is 9.69 Å². The van der Waals surface area contributed by atoms with Gasteiger partial charge in [-0.1, -0.05) is 6.92 Å². The molecule has 2 heterocycles. The van der Waals surface area contributed by atoms with Crippen molar-refractivity contribution in [3.63, 3.8) is 0 Å². The second-order valence-corrected chi connectivity index (χ2v) is 7.50. The van der Waals surface area contributed by atoms with Crippen LogP contribution >= 0.6 is 0 Å². The number of ether oxygens (including phenoxy) is 2. The Bertz CT molecular complexity index is 915. The molecule has 1 saturated heterocycles. The lowest BCUT2D eigenvalue weighted by Crippen LogP contribution is -2.52. The van der Waals surface area contributed by atoms with Crippen LogP contribution in [0, 0.1) is 6.92 Å². The molecule has 2 aromatic rings. The van der Waals surface area contributed by atoms with Gasteiger partial charge in [0.05, 0.1) is 12.0 Å². The van der Waals surface area contributed by atoms with Crippen molar-refractivity contribution in [3.05, 3.63) is 39.7 Å². The first-order chi connectivity index (χ1) is 13.9. The van der Waals surface area contributed by atoms with Crippen molar-refractivity contribution in [2.45, 2.75) is 33.3 Å². The van der Waals surface area contributed by atoms with Crippen molar-refractivity contribution < 1.29 is 18.7 Å². The minimum atomic E-state index is -0.623. The highest BCUT2D eigenvalue weighted by Crippen LogP contribution is 2.31. The fourth-order valence-electron chi connectivity index (χ4n) is 3.75. The van der Waals surface area contributed by atoms with E-state index in [9.17, 15) is 9.59 Å². The molecule has 1 aromatic heterocycles. The van der Waals surface area contributed by atoms with E-state index < -0.39 is 6.10 Å². The number of aryl methyl sites for hydroxylation is 2. The van der Waals surface area contributed by atoms with Crippen LogP contribution in [0.5, 0.6) is 5.75 Å². The van der Waals surface area contributed by atoms with Gasteiger partial charge in [-0.15, -0.1) is 0 Å². The third-order valence-electron chi connectivity index (χ3n) is 5.36. The number of carbonyl (C=O) groups excluding carboxylic acids is 1. The molecule has 1 fully saturated rings. The number of piperazine rings is 1. The van der Waals surface area contributed by atoms with Crippen LogP contribution in [0.2, 0.25) is 0 Å². The molecule has 0 spiro atoms. The Morgan fingerprint density at radius 3 is 2.59 bits per heavy atom. The summed E-state index contributed by atoms with van der Waals surface area (Å²) in [6.45, 7) is 10.3. The number of fused-ring (bicyclic) bond motifs is 1. The zero-order valence-electron chi connectivity index (χ0n) is 17.7. The molecule has 1 aromatic carbocycles. The Morgan fingerprint density at radius 1 is 1.21 bits per heavy atom. The first kappa shape index (κ1) is 21.3. The number of hydrogen-bond acceptors (Lipinski definition) is 6. The van der Waals surface area contributed by atoms with Crippen molar-refractivity contribution in [3.8, 4) is 5.75 Å². The number of benzene rings is 1. The van der Waals surface area contributed by atoms with Crippen LogP contribution in [-0.4, -0.2) is 68.3 Å². The van der Waals surface area contributed by atoms with E-state index in [1.165, 1.54) is 6.07 Å². The summed E-state index contributed by atoms with van der Waals surface area (Å²) in [5, 5.41) is 0.765. The molecule has 3 rings (SSSR count). The van der Waals surface area contributed by atoms with Gasteiger partial charge >= 0.3 is 5.63 Å². The lowest BCUT2D eigenvalue weighted by molar-refractivity contribution is -0.139. The molecule has 0 saturated carbocycles. The van der Waals surface area contributed by atoms with Crippen molar-refractivity contribution in [1.29, 1.82) is 0 Å². The van der Waals surface area contributed by atoms with Crippen LogP contribution in [0.4, 0.5) is 0 Å². The standard InChI is InChI=1S/C22H30N2O5/c1-5-17-14-20(25)29-19-13-15(2)12-18(21(17)19)28-16(3)22(26)24-8-6-23(7-9-24)10-11-27-4/h12-14,16H,5-11H2,1-4H3. The molecule has 1 unspecified atom stereocenters. The van der Waals surface area contributed by atoms with Crippen molar-refractivity contribution in [1.82, 2.24) is 9.80 Å². The lowest BCUT2D eigenvalue weighted by atomic mass is 10.0. The predicted molar refractivity (Wildman–Crippen MR) is 112 cm³/mol. The molecule has 7 heteroatoms. The van der Waals surface area contributed by atoms with E-state index in [1.54, 1.807) is 14.0 Å². The van der Waals surface area contributed by atoms with Crippen molar-refractivity contribution in [2.75, 3.05) is 46.4 Å². The summed E-state index contributed by atoms with van der Waals surface area (Å²) in [7, 11) is 1.70. The Labute approximate surface area is 171 Å². The van der Waals surface area contributed by atoms with Crippen LogP contribution in [0.25, 0.3) is 11.0 Å². The van der Waals surface area contributed by atoms with E-state index in [0.29, 0.717) is 37.4 Å². The van der Waals surface area contributed by atoms with E-state index in [0.717, 1.165) is 36.1 Å². The summed E-state index contributed by atoms with van der Waals surface area (Å²) in [4.78, 5) is 28.9. The van der Waals surface area contributed by atoms with Crippen molar-refractivity contribution >= 4 is 16.9 Å². The zero-order valence-corrected chi connectivity index (χ0v) is 17.7. The Hall–Kier alpha value is -2.38. The molecule has 1 aliphatic heterocycles. The summed E-state index contributed by atoms with van der Waals surface area (Å²) in [6.07, 6.45) is 0.0509. The predicted octanol–water partition coefficient (Wildman–Crippen LogP) is 2.22. The number of carbonyl (C=O) groups is 1. The van der Waals surface area contributed by atoms with E-state index >= 15 is 0 Å². The first-order valence-corrected chi connectivity index (χ1v) is 10.2. The first-order valence-electron chi connectivity index (χ1n) is 10.2. The maximum atomic E-state index is 12.9. The fraction of sp³-hybridized carbons (Fsp3) is 0.545. The highest BCUT2D eigenvalue weighted by molar-refractivity contribution is 5.88. The lowest BCUT2D eigenvalue weighted by Gasteiger charge is -2.35. The van der Waals surface area contributed by atoms with E-state index in [1.807, 2.05) is 30.9 Å². The van der Waals surface area contributed by atoms with E-state index in [4.69, 9.17) is 13.9 Å². The monoisotopic (exact) mass is 402 g/mol. The van der Waals surface area contributed by atoms with Gasteiger partial charge in [0.2, 0.25) is 0 Å². The molecule has 0 radical (unpaired) electrons. The van der Waals surface area contributed by atoms with Gasteiger partial charge in [0.25, 0.3) is 5.91 Å². The zero-order chi connectivity index (χ0) is 21.0. The Balaban J connectivity index is 1.75. The molecule has 1 atom stereocenters. The summed E-state index contributed by atoms with van der Waals surface area (Å²) in [5.41, 5.74) is 1.89. The Morgan fingerprint density at radius 2 is 1.93 bits per heavy atom. The van der Waals surface area contributed by atoms with Gasteiger partial charge in [0, 0.05) is 45.9 Å². The molecular formula is C22H30N2O5. The number of methoxy groups -OCH3 is 1. The molecular weight excluding hydrogens is 372 g/mol. The summed E-state index contributed by atoms with van der Waals surface area (Å²) in [5.74, 6) is 0.557. The third-order valence-corrected chi connectivity index (χ3v) is 5.36. The van der Waals surface area contributed by atoms with Crippen LogP contribution in [0.15, 0.2) is 27.4 Å². The molecule has 29 heavy (non-hydrogen) atoms. The van der Waals surface area contributed by atoms with Crippen LogP contribution in [0.1, 0.15) is 25.0 Å². The molecule has 0 aliphatic carbocycles. The van der Waals surface area contributed by atoms with Gasteiger partial charge in [0.15, 0.2) is 6.10 Å². The fourth-order valence-corrected chi connectivity index (χ4v) is 3.75. The van der Waals surface area contributed by atoms with Gasteiger partial charge in [-0.25, -0.2) is 4.79 Å². The Kier molecular flexibility index (Phi) is 6.92. The second kappa shape index (κ2) is 9.41. The molecule has 158 valence electrons. The number of rotatable bonds is 7. The van der Waals surface area contributed by atoms with Gasteiger partial charge in [-0.2, -0.15) is 0 Å². The van der Waals surface area contributed by atoms with Gasteiger partial charge in [-0.05, 0) is 43.5 Å². The number of amides is 1. The third kappa shape index (κ3) is 4.97. The van der Waals surface area contributed by atoms with Gasteiger partial charge in [0.1, 0.15) is 11.3 Å². The largest absolute Gasteiger partial charge is 0.480 e. The maximum absolute atomic E-state index is 12.9. The second-order valence-electron chi connectivity index (χ2n) is 7.50. The van der Waals surface area contributed by atoms with E-state index in [-0.39, 0.29) is 11.5 Å². The minimum absolute atomic E-state index is 0.0264. The average Bonchev–Trinajstić information content (AvgIpc) is 2.70. The molecule has 0 N–H and O–H groups in total. The maximum Gasteiger partial charge on any atom is 0.336 e. The van der Waals surface area contributed by atoms with Crippen LogP contribution in [0.3, 0.4) is 0 Å². The SMILES string of the molecule is CCc1cc(=O)oc2cc(C)cc(OC(C)C(=O)N3CCN(CCOC)CC3)c12. The van der Waals surface area contributed by atoms with Crippen molar-refractivity contribution in [2.24, 2.45) is 0 Å². The smallest absolute Gasteiger partial charge is 0.336 e. The number of nitrogens with zero attached hydrogens (tertiary/aromatic N) is 2. The molecule has 7 nitrogen and oxygen atoms in total. The van der Waals surface area contributed by atoms with Gasteiger partial charge < -0.3 is 18.8 Å². The quantitative estimate of drug-likeness (QED) is 0.662. The molecule has 0 bridgehead atoms. The van der Waals surface area contributed by atoms with Crippen LogP contribution in [-0.2, 0) is 16.0 Å². The highest BCUT2D eigenvalue weighted by Gasteiger charge is 2.26. The van der Waals surface area contributed by atoms with E-state index in [2.05, 4.69) is 4.90 Å². The van der Waals surface area contributed by atoms with Crippen LogP contribution < -0.4 is 10.4 Å². The summed E-state index contributed by atoms with van der Waals surface area (Å²) in [6, 6.07) is 5.22. The minimum Gasteiger partial charge on any atom is -0.480 e. The molecule has 1 amide bonds. The summed E-state index contributed by atoms with van der Waals surface area (Å²) >= 11 is 0.